The zero-order valence-electron chi connectivity index (χ0n) is 18.5. The number of likely N-dealkylation sites (N-methyl/N-ethyl adjacent to an activating group) is 1. The molecule has 1 aliphatic heterocycles. The Morgan fingerprint density at radius 2 is 1.82 bits per heavy atom. The average Bonchev–Trinajstić information content (AvgIpc) is 2.72. The van der Waals surface area contributed by atoms with Crippen LogP contribution in [0.1, 0.15) is 53.1 Å². The predicted octanol–water partition coefficient (Wildman–Crippen LogP) is 3.88. The number of halogens is 3. The van der Waals surface area contributed by atoms with Crippen molar-refractivity contribution in [2.75, 3.05) is 13.6 Å². The summed E-state index contributed by atoms with van der Waals surface area (Å²) in [6.45, 7) is 4.86. The molecule has 7 nitrogen and oxygen atoms in total. The van der Waals surface area contributed by atoms with Crippen molar-refractivity contribution in [1.29, 1.82) is 0 Å². The molecule has 2 atom stereocenters. The fourth-order valence-corrected chi connectivity index (χ4v) is 3.74. The van der Waals surface area contributed by atoms with Crippen LogP contribution in [-0.2, 0) is 9.53 Å². The van der Waals surface area contributed by atoms with Crippen LogP contribution in [-0.4, -0.2) is 43.0 Å². The zero-order chi connectivity index (χ0) is 23.6. The van der Waals surface area contributed by atoms with Crippen LogP contribution in [0.3, 0.4) is 0 Å². The number of carbonyl (C=O) groups excluding carboxylic acids is 3. The van der Waals surface area contributed by atoms with E-state index < -0.39 is 35.4 Å². The van der Waals surface area contributed by atoms with Crippen molar-refractivity contribution in [3.05, 3.63) is 63.9 Å². The molecule has 178 valence electrons. The smallest absolute Gasteiger partial charge is 0.320 e. The van der Waals surface area contributed by atoms with E-state index in [1.807, 2.05) is 0 Å². The lowest BCUT2D eigenvalue weighted by Gasteiger charge is -2.44. The van der Waals surface area contributed by atoms with Gasteiger partial charge in [0.2, 0.25) is 0 Å². The van der Waals surface area contributed by atoms with Crippen molar-refractivity contribution < 1.29 is 28.2 Å². The molecular formula is C23H25Cl2FN2O5. The molecule has 1 amide bonds. The minimum absolute atomic E-state index is 0. The number of Topliss-reactive ketones (excluding diaryl/α,β-unsaturated/α-hetero) is 1. The molecule has 0 radical (unpaired) electrons. The van der Waals surface area contributed by atoms with Crippen LogP contribution in [0.2, 0.25) is 5.02 Å². The number of nitrogens with one attached hydrogen (secondary N) is 2. The molecule has 2 aromatic carbocycles. The first kappa shape index (κ1) is 26.6. The lowest BCUT2D eigenvalue weighted by Crippen LogP contribution is -2.56. The van der Waals surface area contributed by atoms with Crippen LogP contribution in [0.5, 0.6) is 5.75 Å². The first-order valence-electron chi connectivity index (χ1n) is 9.97. The Hall–Kier alpha value is -2.68. The lowest BCUT2D eigenvalue weighted by molar-refractivity contribution is -0.164. The van der Waals surface area contributed by atoms with Gasteiger partial charge in [0.15, 0.2) is 11.9 Å². The maximum atomic E-state index is 13.5. The molecule has 2 N–H and O–H groups in total. The predicted molar refractivity (Wildman–Crippen MR) is 124 cm³/mol. The number of carbonyl (C=O) groups is 3. The Bertz CT molecular complexity index is 1080. The van der Waals surface area contributed by atoms with E-state index in [-0.39, 0.29) is 35.3 Å². The summed E-state index contributed by atoms with van der Waals surface area (Å²) in [5.74, 6) is -1.46. The van der Waals surface area contributed by atoms with Gasteiger partial charge in [-0.2, -0.15) is 0 Å². The monoisotopic (exact) mass is 498 g/mol. The Morgan fingerprint density at radius 1 is 1.15 bits per heavy atom. The summed E-state index contributed by atoms with van der Waals surface area (Å²) in [7, 11) is 1.61. The van der Waals surface area contributed by atoms with Crippen LogP contribution >= 0.6 is 24.0 Å². The van der Waals surface area contributed by atoms with Crippen LogP contribution in [0, 0.1) is 5.82 Å². The van der Waals surface area contributed by atoms with Gasteiger partial charge >= 0.3 is 5.97 Å². The molecule has 0 aliphatic carbocycles. The van der Waals surface area contributed by atoms with Gasteiger partial charge in [-0.3, -0.25) is 14.4 Å². The second kappa shape index (κ2) is 10.5. The SMILES string of the molecule is CNCC(=O)O[C@H]1[C@@H](NC(=O)c2ccc(F)c(Cl)c2)c2cc(C(C)=O)ccc2OC1(C)C.Cl. The summed E-state index contributed by atoms with van der Waals surface area (Å²) < 4.78 is 25.3. The van der Waals surface area contributed by atoms with E-state index in [9.17, 15) is 18.8 Å². The molecule has 33 heavy (non-hydrogen) atoms. The summed E-state index contributed by atoms with van der Waals surface area (Å²) in [4.78, 5) is 37.3. The van der Waals surface area contributed by atoms with Crippen LogP contribution in [0.25, 0.3) is 0 Å². The molecular weight excluding hydrogens is 474 g/mol. The minimum atomic E-state index is -1.01. The fourth-order valence-electron chi connectivity index (χ4n) is 3.56. The lowest BCUT2D eigenvalue weighted by atomic mass is 9.85. The largest absolute Gasteiger partial charge is 0.484 e. The number of esters is 1. The van der Waals surface area contributed by atoms with E-state index in [2.05, 4.69) is 10.6 Å². The second-order valence-electron chi connectivity index (χ2n) is 8.04. The number of ketones is 1. The third kappa shape index (κ3) is 5.82. The van der Waals surface area contributed by atoms with E-state index in [0.717, 1.165) is 6.07 Å². The summed E-state index contributed by atoms with van der Waals surface area (Å²) in [6, 6.07) is 7.65. The number of hydrogen-bond donors (Lipinski definition) is 2. The van der Waals surface area contributed by atoms with E-state index in [1.165, 1.54) is 19.1 Å². The molecule has 1 aliphatic rings. The number of hydrogen-bond acceptors (Lipinski definition) is 6. The number of rotatable bonds is 6. The van der Waals surface area contributed by atoms with Gasteiger partial charge in [-0.1, -0.05) is 11.6 Å². The molecule has 0 saturated heterocycles. The Kier molecular flexibility index (Phi) is 8.46. The van der Waals surface area contributed by atoms with Crippen LogP contribution in [0.15, 0.2) is 36.4 Å². The summed E-state index contributed by atoms with van der Waals surface area (Å²) in [5, 5.41) is 5.38. The first-order chi connectivity index (χ1) is 15.0. The fraction of sp³-hybridized carbons (Fsp3) is 0.348. The highest BCUT2D eigenvalue weighted by molar-refractivity contribution is 6.31. The van der Waals surface area contributed by atoms with Crippen molar-refractivity contribution in [2.24, 2.45) is 0 Å². The van der Waals surface area contributed by atoms with Gasteiger partial charge in [-0.05, 0) is 64.2 Å². The summed E-state index contributed by atoms with van der Waals surface area (Å²) >= 11 is 5.83. The van der Waals surface area contributed by atoms with E-state index in [1.54, 1.807) is 39.1 Å². The van der Waals surface area contributed by atoms with Crippen LogP contribution < -0.4 is 15.4 Å². The first-order valence-corrected chi connectivity index (χ1v) is 10.3. The van der Waals surface area contributed by atoms with Crippen molar-refractivity contribution in [3.8, 4) is 5.75 Å². The van der Waals surface area contributed by atoms with Gasteiger partial charge < -0.3 is 20.1 Å². The van der Waals surface area contributed by atoms with Crippen molar-refractivity contribution in [2.45, 2.75) is 38.5 Å². The molecule has 0 spiro atoms. The standard InChI is InChI=1S/C23H24ClFN2O5.ClH/c1-12(28)13-6-8-18-15(9-13)20(21(23(2,3)32-18)31-19(29)11-26-4)27-22(30)14-5-7-17(25)16(24)10-14;/h5-10,20-21,26H,11H2,1-4H3,(H,27,30);1H/t20-,21-;/m0./s1. The molecule has 0 bridgehead atoms. The Labute approximate surface area is 202 Å². The average molecular weight is 499 g/mol. The maximum absolute atomic E-state index is 13.5. The Morgan fingerprint density at radius 3 is 2.42 bits per heavy atom. The van der Waals surface area contributed by atoms with Gasteiger partial charge in [-0.15, -0.1) is 12.4 Å². The van der Waals surface area contributed by atoms with E-state index in [0.29, 0.717) is 16.9 Å². The number of ether oxygens (including phenoxy) is 2. The highest BCUT2D eigenvalue weighted by atomic mass is 35.5. The maximum Gasteiger partial charge on any atom is 0.320 e. The topological polar surface area (TPSA) is 93.7 Å². The van der Waals surface area contributed by atoms with E-state index in [4.69, 9.17) is 21.1 Å². The summed E-state index contributed by atoms with van der Waals surface area (Å²) in [5.41, 5.74) is 0.0227. The molecule has 2 aromatic rings. The van der Waals surface area contributed by atoms with Gasteiger partial charge in [0.05, 0.1) is 17.6 Å². The minimum Gasteiger partial charge on any atom is -0.484 e. The van der Waals surface area contributed by atoms with Gasteiger partial charge in [-0.25, -0.2) is 4.39 Å². The van der Waals surface area contributed by atoms with Crippen LogP contribution in [0.4, 0.5) is 4.39 Å². The Balaban J connectivity index is 0.00000385. The molecule has 0 unspecified atom stereocenters. The molecule has 10 heteroatoms. The highest BCUT2D eigenvalue weighted by Crippen LogP contribution is 2.42. The van der Waals surface area contributed by atoms with Crippen molar-refractivity contribution in [3.63, 3.8) is 0 Å². The normalized spacial score (nSPS) is 18.2. The summed E-state index contributed by atoms with van der Waals surface area (Å²) in [6.07, 6.45) is -0.919. The molecule has 1 heterocycles. The third-order valence-electron chi connectivity index (χ3n) is 5.16. The van der Waals surface area contributed by atoms with Gasteiger partial charge in [0, 0.05) is 16.7 Å². The van der Waals surface area contributed by atoms with Crippen molar-refractivity contribution >= 4 is 41.7 Å². The molecule has 0 saturated carbocycles. The highest BCUT2D eigenvalue weighted by Gasteiger charge is 2.47. The zero-order valence-corrected chi connectivity index (χ0v) is 20.1. The number of fused-ring (bicyclic) bond motifs is 1. The molecule has 0 aromatic heterocycles. The van der Waals surface area contributed by atoms with E-state index >= 15 is 0 Å². The van der Waals surface area contributed by atoms with Gasteiger partial charge in [0.1, 0.15) is 17.2 Å². The number of amides is 1. The van der Waals surface area contributed by atoms with Crippen molar-refractivity contribution in [1.82, 2.24) is 10.6 Å². The van der Waals surface area contributed by atoms with Gasteiger partial charge in [0.25, 0.3) is 5.91 Å². The second-order valence-corrected chi connectivity index (χ2v) is 8.44. The molecule has 0 fully saturated rings. The quantitative estimate of drug-likeness (QED) is 0.463. The third-order valence-corrected chi connectivity index (χ3v) is 5.45. The number of benzene rings is 2. The molecule has 3 rings (SSSR count).